The lowest BCUT2D eigenvalue weighted by atomic mass is 10.1. The Balaban J connectivity index is 1.59. The van der Waals surface area contributed by atoms with Crippen LogP contribution in [0.1, 0.15) is 21.5 Å². The second-order valence-corrected chi connectivity index (χ2v) is 5.70. The number of halogens is 1. The lowest BCUT2D eigenvalue weighted by molar-refractivity contribution is 0.102. The fraction of sp³-hybridized carbons (Fsp3) is 0.100. The van der Waals surface area contributed by atoms with Gasteiger partial charge in [0.05, 0.1) is 11.9 Å². The quantitative estimate of drug-likeness (QED) is 0.727. The molecule has 2 aromatic carbocycles. The Morgan fingerprint density at radius 1 is 1.04 bits per heavy atom. The first-order valence-corrected chi connectivity index (χ1v) is 7.93. The van der Waals surface area contributed by atoms with Crippen LogP contribution in [0.4, 0.5) is 15.9 Å². The van der Waals surface area contributed by atoms with Crippen molar-refractivity contribution in [3.8, 4) is 0 Å². The molecule has 0 saturated heterocycles. The summed E-state index contributed by atoms with van der Waals surface area (Å²) in [7, 11) is 0. The Kier molecular flexibility index (Phi) is 5.04. The normalized spacial score (nSPS) is 10.3. The van der Waals surface area contributed by atoms with Crippen molar-refractivity contribution in [3.63, 3.8) is 0 Å². The molecule has 3 aromatic rings. The molecule has 0 spiro atoms. The van der Waals surface area contributed by atoms with E-state index in [0.717, 1.165) is 11.3 Å². The Labute approximate surface area is 145 Å². The lowest BCUT2D eigenvalue weighted by Crippen LogP contribution is -2.13. The van der Waals surface area contributed by atoms with Crippen LogP contribution in [-0.2, 0) is 6.54 Å². The highest BCUT2D eigenvalue weighted by Gasteiger charge is 2.06. The third-order valence-corrected chi connectivity index (χ3v) is 3.76. The van der Waals surface area contributed by atoms with Crippen molar-refractivity contribution in [2.24, 2.45) is 0 Å². The highest BCUT2D eigenvalue weighted by molar-refractivity contribution is 6.03. The van der Waals surface area contributed by atoms with E-state index in [9.17, 15) is 9.18 Å². The zero-order chi connectivity index (χ0) is 17.6. The Morgan fingerprint density at radius 3 is 2.48 bits per heavy atom. The first-order chi connectivity index (χ1) is 12.1. The molecule has 0 aliphatic heterocycles. The summed E-state index contributed by atoms with van der Waals surface area (Å²) < 4.78 is 13.6. The van der Waals surface area contributed by atoms with E-state index >= 15 is 0 Å². The number of nitrogens with zero attached hydrogens (tertiary/aromatic N) is 1. The van der Waals surface area contributed by atoms with Crippen molar-refractivity contribution < 1.29 is 9.18 Å². The van der Waals surface area contributed by atoms with Gasteiger partial charge in [-0.25, -0.2) is 9.37 Å². The smallest absolute Gasteiger partial charge is 0.256 e. The molecule has 126 valence electrons. The van der Waals surface area contributed by atoms with E-state index in [1.165, 1.54) is 6.07 Å². The first kappa shape index (κ1) is 16.6. The summed E-state index contributed by atoms with van der Waals surface area (Å²) in [6.07, 6.45) is 1.60. The van der Waals surface area contributed by atoms with Crippen LogP contribution in [-0.4, -0.2) is 10.9 Å². The molecule has 0 bridgehead atoms. The van der Waals surface area contributed by atoms with E-state index in [-0.39, 0.29) is 11.7 Å². The molecule has 3 rings (SSSR count). The molecule has 0 aliphatic carbocycles. The summed E-state index contributed by atoms with van der Waals surface area (Å²) in [5, 5.41) is 5.85. The number of benzene rings is 2. The van der Waals surface area contributed by atoms with Gasteiger partial charge in [-0.05, 0) is 37.3 Å². The number of amides is 1. The van der Waals surface area contributed by atoms with E-state index in [1.54, 1.807) is 48.7 Å². The number of nitrogens with one attached hydrogen (secondary N) is 2. The predicted molar refractivity (Wildman–Crippen MR) is 97.1 cm³/mol. The minimum Gasteiger partial charge on any atom is -0.380 e. The number of hydrogen-bond donors (Lipinski definition) is 2. The van der Waals surface area contributed by atoms with Crippen LogP contribution in [0.3, 0.4) is 0 Å². The number of aryl methyl sites for hydroxylation is 1. The molecule has 0 atom stereocenters. The number of hydrogen-bond acceptors (Lipinski definition) is 3. The zero-order valence-corrected chi connectivity index (χ0v) is 13.8. The first-order valence-electron chi connectivity index (χ1n) is 7.93. The van der Waals surface area contributed by atoms with Gasteiger partial charge >= 0.3 is 0 Å². The number of rotatable bonds is 5. The Morgan fingerprint density at radius 2 is 1.80 bits per heavy atom. The van der Waals surface area contributed by atoms with Crippen LogP contribution in [0, 0.1) is 12.7 Å². The predicted octanol–water partition coefficient (Wildman–Crippen LogP) is 4.39. The molecule has 2 N–H and O–H groups in total. The molecule has 0 unspecified atom stereocenters. The van der Waals surface area contributed by atoms with Crippen molar-refractivity contribution in [1.82, 2.24) is 4.98 Å². The van der Waals surface area contributed by atoms with Crippen molar-refractivity contribution >= 4 is 17.4 Å². The van der Waals surface area contributed by atoms with Crippen LogP contribution < -0.4 is 10.6 Å². The molecule has 5 heteroatoms. The second kappa shape index (κ2) is 7.57. The van der Waals surface area contributed by atoms with Gasteiger partial charge < -0.3 is 10.6 Å². The van der Waals surface area contributed by atoms with E-state index < -0.39 is 0 Å². The average molecular weight is 335 g/mol. The van der Waals surface area contributed by atoms with Crippen LogP contribution in [0.5, 0.6) is 0 Å². The average Bonchev–Trinajstić information content (AvgIpc) is 2.63. The SMILES string of the molecule is Cc1ccc(C(=O)Nc2ccc(NCc3ccccc3F)cn2)cc1. The van der Waals surface area contributed by atoms with Crippen LogP contribution >= 0.6 is 0 Å². The summed E-state index contributed by atoms with van der Waals surface area (Å²) in [5.74, 6) is 0.00604. The number of aromatic nitrogens is 1. The van der Waals surface area contributed by atoms with Crippen LogP contribution in [0.25, 0.3) is 0 Å². The summed E-state index contributed by atoms with van der Waals surface area (Å²) in [4.78, 5) is 16.4. The summed E-state index contributed by atoms with van der Waals surface area (Å²) in [5.41, 5.74) is 3.00. The standard InChI is InChI=1S/C20H18FN3O/c1-14-6-8-15(9-7-14)20(25)24-19-11-10-17(13-23-19)22-12-16-4-2-3-5-18(16)21/h2-11,13,22H,12H2,1H3,(H,23,24,25). The third-order valence-electron chi connectivity index (χ3n) is 3.76. The molecular weight excluding hydrogens is 317 g/mol. The van der Waals surface area contributed by atoms with E-state index in [1.807, 2.05) is 19.1 Å². The fourth-order valence-electron chi connectivity index (χ4n) is 2.30. The van der Waals surface area contributed by atoms with Gasteiger partial charge in [0.25, 0.3) is 5.91 Å². The number of anilines is 2. The molecule has 0 saturated carbocycles. The third kappa shape index (κ3) is 4.41. The van der Waals surface area contributed by atoms with E-state index in [4.69, 9.17) is 0 Å². The highest BCUT2D eigenvalue weighted by atomic mass is 19.1. The van der Waals surface area contributed by atoms with Gasteiger partial charge in [0, 0.05) is 17.7 Å². The number of carbonyl (C=O) groups is 1. The fourth-order valence-corrected chi connectivity index (χ4v) is 2.30. The monoisotopic (exact) mass is 335 g/mol. The van der Waals surface area contributed by atoms with E-state index in [0.29, 0.717) is 23.5 Å². The van der Waals surface area contributed by atoms with Gasteiger partial charge in [-0.15, -0.1) is 0 Å². The Hall–Kier alpha value is -3.21. The van der Waals surface area contributed by atoms with Gasteiger partial charge in [-0.3, -0.25) is 4.79 Å². The topological polar surface area (TPSA) is 54.0 Å². The van der Waals surface area contributed by atoms with Gasteiger partial charge in [0.15, 0.2) is 0 Å². The van der Waals surface area contributed by atoms with Crippen molar-refractivity contribution in [1.29, 1.82) is 0 Å². The zero-order valence-electron chi connectivity index (χ0n) is 13.8. The van der Waals surface area contributed by atoms with Crippen molar-refractivity contribution in [2.75, 3.05) is 10.6 Å². The van der Waals surface area contributed by atoms with E-state index in [2.05, 4.69) is 15.6 Å². The van der Waals surface area contributed by atoms with Gasteiger partial charge in [0.1, 0.15) is 11.6 Å². The molecule has 1 aromatic heterocycles. The molecule has 0 fully saturated rings. The molecule has 1 amide bonds. The number of carbonyl (C=O) groups excluding carboxylic acids is 1. The summed E-state index contributed by atoms with van der Waals surface area (Å²) in [6.45, 7) is 2.33. The number of pyridine rings is 1. The van der Waals surface area contributed by atoms with Gasteiger partial charge in [-0.1, -0.05) is 35.9 Å². The lowest BCUT2D eigenvalue weighted by Gasteiger charge is -2.09. The molecular formula is C20H18FN3O. The minimum atomic E-state index is -0.245. The Bertz CT molecular complexity index is 861. The molecule has 1 heterocycles. The van der Waals surface area contributed by atoms with Crippen LogP contribution in [0.2, 0.25) is 0 Å². The maximum atomic E-state index is 13.6. The maximum absolute atomic E-state index is 13.6. The second-order valence-electron chi connectivity index (χ2n) is 5.70. The summed E-state index contributed by atoms with van der Waals surface area (Å²) >= 11 is 0. The van der Waals surface area contributed by atoms with Crippen molar-refractivity contribution in [3.05, 3.63) is 89.4 Å². The highest BCUT2D eigenvalue weighted by Crippen LogP contribution is 2.14. The largest absolute Gasteiger partial charge is 0.380 e. The minimum absolute atomic E-state index is 0.209. The van der Waals surface area contributed by atoms with Gasteiger partial charge in [-0.2, -0.15) is 0 Å². The molecule has 0 radical (unpaired) electrons. The van der Waals surface area contributed by atoms with Crippen molar-refractivity contribution in [2.45, 2.75) is 13.5 Å². The van der Waals surface area contributed by atoms with Crippen LogP contribution in [0.15, 0.2) is 66.9 Å². The maximum Gasteiger partial charge on any atom is 0.256 e. The molecule has 25 heavy (non-hydrogen) atoms. The summed E-state index contributed by atoms with van der Waals surface area (Å²) in [6, 6.07) is 17.4. The molecule has 4 nitrogen and oxygen atoms in total. The van der Waals surface area contributed by atoms with Gasteiger partial charge in [0.2, 0.25) is 0 Å². The molecule has 0 aliphatic rings.